The zero-order chi connectivity index (χ0) is 21.3. The van der Waals surface area contributed by atoms with Crippen LogP contribution in [0.3, 0.4) is 0 Å². The molecule has 0 bridgehead atoms. The summed E-state index contributed by atoms with van der Waals surface area (Å²) in [7, 11) is 0. The van der Waals surface area contributed by atoms with Crippen molar-refractivity contribution in [3.63, 3.8) is 0 Å². The first-order valence-electron chi connectivity index (χ1n) is 10.2. The lowest BCUT2D eigenvalue weighted by atomic mass is 9.82. The molecule has 0 spiro atoms. The predicted octanol–water partition coefficient (Wildman–Crippen LogP) is 2.85. The van der Waals surface area contributed by atoms with E-state index < -0.39 is 11.5 Å². The zero-order valence-corrected chi connectivity index (χ0v) is 17.4. The average Bonchev–Trinajstić information content (AvgIpc) is 3.32. The van der Waals surface area contributed by atoms with Crippen LogP contribution >= 0.6 is 11.6 Å². The first-order valence-corrected chi connectivity index (χ1v) is 10.6. The van der Waals surface area contributed by atoms with Crippen LogP contribution < -0.4 is 16.4 Å². The number of hydrogen-bond acceptors (Lipinski definition) is 6. The lowest BCUT2D eigenvalue weighted by Gasteiger charge is -2.35. The molecule has 2 aliphatic rings. The quantitative estimate of drug-likeness (QED) is 0.411. The van der Waals surface area contributed by atoms with Crippen LogP contribution in [0.1, 0.15) is 48.5 Å². The van der Waals surface area contributed by atoms with Crippen LogP contribution in [0.2, 0.25) is 5.02 Å². The van der Waals surface area contributed by atoms with E-state index in [9.17, 15) is 9.90 Å². The van der Waals surface area contributed by atoms with Gasteiger partial charge in [-0.25, -0.2) is 0 Å². The van der Waals surface area contributed by atoms with Gasteiger partial charge in [0.25, 0.3) is 5.91 Å². The van der Waals surface area contributed by atoms with Gasteiger partial charge in [-0.3, -0.25) is 9.48 Å². The number of nitrogens with two attached hydrogens (primary N) is 1. The van der Waals surface area contributed by atoms with Crippen LogP contribution in [0.15, 0.2) is 30.5 Å². The molecule has 1 unspecified atom stereocenters. The molecule has 8 nitrogen and oxygen atoms in total. The molecule has 2 saturated carbocycles. The van der Waals surface area contributed by atoms with E-state index in [-0.39, 0.29) is 18.0 Å². The number of amides is 1. The van der Waals surface area contributed by atoms with Crippen molar-refractivity contribution in [3.05, 3.63) is 41.0 Å². The van der Waals surface area contributed by atoms with Crippen LogP contribution in [0.25, 0.3) is 0 Å². The topological polar surface area (TPSA) is 129 Å². The highest BCUT2D eigenvalue weighted by molar-refractivity contribution is 6.30. The van der Waals surface area contributed by atoms with Gasteiger partial charge in [0.2, 0.25) is 0 Å². The fraction of sp³-hybridized carbons (Fsp3) is 0.476. The molecule has 1 aromatic heterocycles. The molecule has 1 heterocycles. The second-order valence-corrected chi connectivity index (χ2v) is 8.82. The van der Waals surface area contributed by atoms with Gasteiger partial charge in [-0.05, 0) is 56.4 Å². The van der Waals surface area contributed by atoms with Crippen LogP contribution in [0, 0.1) is 11.3 Å². The zero-order valence-electron chi connectivity index (χ0n) is 16.6. The highest BCUT2D eigenvalue weighted by atomic mass is 35.5. The third-order valence-electron chi connectivity index (χ3n) is 6.07. The van der Waals surface area contributed by atoms with Crippen LogP contribution in [-0.2, 0) is 0 Å². The highest BCUT2D eigenvalue weighted by Gasteiger charge is 2.41. The molecule has 6 N–H and O–H groups in total. The maximum atomic E-state index is 12.0. The van der Waals surface area contributed by atoms with Crippen LogP contribution in [0.5, 0.6) is 0 Å². The molecule has 1 aromatic carbocycles. The summed E-state index contributed by atoms with van der Waals surface area (Å²) >= 11 is 5.93. The van der Waals surface area contributed by atoms with E-state index in [1.54, 1.807) is 35.1 Å². The summed E-state index contributed by atoms with van der Waals surface area (Å²) in [5, 5.41) is 29.8. The third kappa shape index (κ3) is 4.66. The van der Waals surface area contributed by atoms with Gasteiger partial charge in [-0.1, -0.05) is 11.6 Å². The Bertz CT molecular complexity index is 924. The first kappa shape index (κ1) is 20.8. The summed E-state index contributed by atoms with van der Waals surface area (Å²) < 4.78 is 1.76. The minimum absolute atomic E-state index is 0.0193. The monoisotopic (exact) mass is 430 g/mol. The molecule has 3 atom stereocenters. The van der Waals surface area contributed by atoms with Gasteiger partial charge in [0.1, 0.15) is 5.56 Å². The van der Waals surface area contributed by atoms with E-state index in [0.29, 0.717) is 22.9 Å². The van der Waals surface area contributed by atoms with Gasteiger partial charge in [0.15, 0.2) is 5.82 Å². The molecule has 1 amide bonds. The molecule has 160 valence electrons. The molecule has 0 saturated heterocycles. The van der Waals surface area contributed by atoms with E-state index >= 15 is 0 Å². The predicted molar refractivity (Wildman–Crippen MR) is 117 cm³/mol. The fourth-order valence-corrected chi connectivity index (χ4v) is 4.17. The normalized spacial score (nSPS) is 24.9. The van der Waals surface area contributed by atoms with Crippen molar-refractivity contribution in [1.82, 2.24) is 15.1 Å². The van der Waals surface area contributed by atoms with Gasteiger partial charge in [-0.15, -0.1) is 0 Å². The number of halogens is 1. The number of anilines is 2. The highest BCUT2D eigenvalue weighted by Crippen LogP contribution is 2.37. The van der Waals surface area contributed by atoms with Crippen molar-refractivity contribution < 1.29 is 9.90 Å². The summed E-state index contributed by atoms with van der Waals surface area (Å²) in [4.78, 5) is 12.0. The Labute approximate surface area is 180 Å². The van der Waals surface area contributed by atoms with Crippen molar-refractivity contribution in [2.75, 3.05) is 11.9 Å². The van der Waals surface area contributed by atoms with E-state index in [1.165, 1.54) is 6.21 Å². The molecule has 4 rings (SSSR count). The molecule has 2 fully saturated rings. The number of nitrogens with one attached hydrogen (secondary N) is 3. The second-order valence-electron chi connectivity index (χ2n) is 8.38. The number of aliphatic hydroxyl groups is 1. The maximum Gasteiger partial charge on any atom is 0.254 e. The summed E-state index contributed by atoms with van der Waals surface area (Å²) in [6.45, 7) is 0.607. The minimum Gasteiger partial charge on any atom is -0.389 e. The average molecular weight is 431 g/mol. The molecule has 2 aromatic rings. The Morgan fingerprint density at radius 2 is 2.10 bits per heavy atom. The summed E-state index contributed by atoms with van der Waals surface area (Å²) in [6, 6.07) is 7.35. The summed E-state index contributed by atoms with van der Waals surface area (Å²) in [5.74, 6) is -0.184. The molecule has 0 radical (unpaired) electrons. The van der Waals surface area contributed by atoms with E-state index in [4.69, 9.17) is 22.7 Å². The van der Waals surface area contributed by atoms with Crippen LogP contribution in [-0.4, -0.2) is 45.2 Å². The Kier molecular flexibility index (Phi) is 5.81. The van der Waals surface area contributed by atoms with Crippen molar-refractivity contribution in [3.8, 4) is 0 Å². The number of carbonyl (C=O) groups is 1. The number of rotatable bonds is 8. The van der Waals surface area contributed by atoms with Crippen molar-refractivity contribution in [2.45, 2.75) is 49.8 Å². The fourth-order valence-electron chi connectivity index (χ4n) is 4.04. The number of benzene rings is 1. The lowest BCUT2D eigenvalue weighted by Crippen LogP contribution is -2.42. The molecule has 9 heteroatoms. The standard InChI is InChI=1S/C21H27ClN6O2/c22-14-1-3-15(4-2-14)26-20-17(19(24)29)11-28(27-20)18-6-5-16(9-13(18)10-23)25-12-21(30)7-8-21/h1-4,10-11,13,16,18,23,25,30H,5-9,12H2,(H2,24,29)(H,26,27)/t13-,16+,18?/m1/s1. The molecule has 0 aliphatic heterocycles. The Hall–Kier alpha value is -2.42. The summed E-state index contributed by atoms with van der Waals surface area (Å²) in [5.41, 5.74) is 6.11. The van der Waals surface area contributed by atoms with E-state index in [2.05, 4.69) is 15.7 Å². The van der Waals surface area contributed by atoms with Gasteiger partial charge in [0.05, 0.1) is 11.6 Å². The maximum absolute atomic E-state index is 12.0. The number of carbonyl (C=O) groups excluding carboxylic acids is 1. The van der Waals surface area contributed by atoms with Gasteiger partial charge >= 0.3 is 0 Å². The largest absolute Gasteiger partial charge is 0.389 e. The number of aromatic nitrogens is 2. The van der Waals surface area contributed by atoms with Crippen molar-refractivity contribution in [1.29, 1.82) is 5.41 Å². The number of primary amides is 1. The van der Waals surface area contributed by atoms with Gasteiger partial charge < -0.3 is 26.9 Å². The van der Waals surface area contributed by atoms with Crippen LogP contribution in [0.4, 0.5) is 11.5 Å². The SMILES string of the molecule is N=C[C@H]1C[C@@H](NCC2(O)CC2)CCC1n1cc(C(N)=O)c(Nc2ccc(Cl)cc2)n1. The molecule has 2 aliphatic carbocycles. The van der Waals surface area contributed by atoms with Crippen molar-refractivity contribution >= 4 is 35.2 Å². The Balaban J connectivity index is 1.49. The second kappa shape index (κ2) is 8.37. The minimum atomic E-state index is -0.558. The van der Waals surface area contributed by atoms with Gasteiger partial charge in [0, 0.05) is 41.6 Å². The molecular formula is C21H27ClN6O2. The molecular weight excluding hydrogens is 404 g/mol. The van der Waals surface area contributed by atoms with Crippen molar-refractivity contribution in [2.24, 2.45) is 11.7 Å². The lowest BCUT2D eigenvalue weighted by molar-refractivity contribution is 0.100. The van der Waals surface area contributed by atoms with E-state index in [1.807, 2.05) is 0 Å². The number of nitrogens with zero attached hydrogens (tertiary/aromatic N) is 2. The molecule has 30 heavy (non-hydrogen) atoms. The third-order valence-corrected chi connectivity index (χ3v) is 6.32. The Morgan fingerprint density at radius 3 is 2.73 bits per heavy atom. The van der Waals surface area contributed by atoms with E-state index in [0.717, 1.165) is 37.8 Å². The smallest absolute Gasteiger partial charge is 0.254 e. The summed E-state index contributed by atoms with van der Waals surface area (Å²) in [6.07, 6.45) is 7.36. The number of hydrogen-bond donors (Lipinski definition) is 5. The Morgan fingerprint density at radius 1 is 1.37 bits per heavy atom. The first-order chi connectivity index (χ1) is 14.4. The van der Waals surface area contributed by atoms with Gasteiger partial charge in [-0.2, -0.15) is 5.10 Å².